The smallest absolute Gasteiger partial charge is 0.242 e. The number of carbonyl (C=O) groups is 1. The Labute approximate surface area is 177 Å². The highest BCUT2D eigenvalue weighted by Gasteiger charge is 2.19. The summed E-state index contributed by atoms with van der Waals surface area (Å²) in [6.45, 7) is 6.68. The predicted octanol–water partition coefficient (Wildman–Crippen LogP) is 3.49. The Bertz CT molecular complexity index is 1200. The fourth-order valence-electron chi connectivity index (χ4n) is 3.47. The normalized spacial score (nSPS) is 11.9. The Kier molecular flexibility index (Phi) is 6.28. The summed E-state index contributed by atoms with van der Waals surface area (Å²) in [6.07, 6.45) is 0.758. The van der Waals surface area contributed by atoms with Crippen molar-refractivity contribution in [1.29, 1.82) is 0 Å². The lowest BCUT2D eigenvalue weighted by Gasteiger charge is -2.11. The highest BCUT2D eigenvalue weighted by Crippen LogP contribution is 2.23. The third kappa shape index (κ3) is 4.39. The standard InChI is InChI=1S/C22H28N4O3S/c1-6-26-20-10-8-17(30(28,29)25(4)5)14-19(20)23-21(26)11-12-22(27)24-18-9-7-15(2)13-16(18)3/h7-10,13-14H,6,11-12H2,1-5H3,(H,24,27). The van der Waals surface area contributed by atoms with Crippen LogP contribution in [0.4, 0.5) is 5.69 Å². The number of imidazole rings is 1. The van der Waals surface area contributed by atoms with E-state index >= 15 is 0 Å². The van der Waals surface area contributed by atoms with E-state index in [-0.39, 0.29) is 10.8 Å². The second kappa shape index (κ2) is 8.57. The van der Waals surface area contributed by atoms with Crippen LogP contribution in [0.2, 0.25) is 0 Å². The van der Waals surface area contributed by atoms with Gasteiger partial charge in [-0.2, -0.15) is 0 Å². The van der Waals surface area contributed by atoms with Crippen molar-refractivity contribution in [3.63, 3.8) is 0 Å². The molecule has 0 saturated carbocycles. The number of benzene rings is 2. The minimum atomic E-state index is -3.53. The summed E-state index contributed by atoms with van der Waals surface area (Å²) in [5.74, 6) is 0.690. The van der Waals surface area contributed by atoms with Gasteiger partial charge in [0.2, 0.25) is 15.9 Å². The van der Waals surface area contributed by atoms with Gasteiger partial charge in [-0.25, -0.2) is 17.7 Å². The van der Waals surface area contributed by atoms with Crippen molar-refractivity contribution in [2.45, 2.75) is 45.1 Å². The molecule has 0 radical (unpaired) electrons. The molecule has 0 fully saturated rings. The third-order valence-electron chi connectivity index (χ3n) is 5.13. The number of amides is 1. The highest BCUT2D eigenvalue weighted by molar-refractivity contribution is 7.89. The fraction of sp³-hybridized carbons (Fsp3) is 0.364. The minimum absolute atomic E-state index is 0.0764. The van der Waals surface area contributed by atoms with Crippen LogP contribution in [0.5, 0.6) is 0 Å². The van der Waals surface area contributed by atoms with Gasteiger partial charge in [-0.05, 0) is 50.6 Å². The van der Waals surface area contributed by atoms with Crippen LogP contribution in [-0.2, 0) is 27.8 Å². The van der Waals surface area contributed by atoms with Crippen molar-refractivity contribution < 1.29 is 13.2 Å². The number of nitrogens with zero attached hydrogens (tertiary/aromatic N) is 3. The maximum atomic E-state index is 12.5. The molecule has 160 valence electrons. The van der Waals surface area contributed by atoms with Crippen LogP contribution in [0, 0.1) is 13.8 Å². The predicted molar refractivity (Wildman–Crippen MR) is 119 cm³/mol. The van der Waals surface area contributed by atoms with Crippen LogP contribution in [0.1, 0.15) is 30.3 Å². The fourth-order valence-corrected chi connectivity index (χ4v) is 4.39. The zero-order valence-corrected chi connectivity index (χ0v) is 18.9. The number of hydrogen-bond donors (Lipinski definition) is 1. The summed E-state index contributed by atoms with van der Waals surface area (Å²) < 4.78 is 28.0. The van der Waals surface area contributed by atoms with Crippen molar-refractivity contribution >= 4 is 32.7 Å². The van der Waals surface area contributed by atoms with Crippen molar-refractivity contribution in [2.24, 2.45) is 0 Å². The first-order valence-corrected chi connectivity index (χ1v) is 11.4. The number of sulfonamides is 1. The zero-order valence-electron chi connectivity index (χ0n) is 18.1. The molecule has 1 N–H and O–H groups in total. The van der Waals surface area contributed by atoms with E-state index in [4.69, 9.17) is 0 Å². The summed E-state index contributed by atoms with van der Waals surface area (Å²) in [5.41, 5.74) is 4.47. The first-order chi connectivity index (χ1) is 14.1. The second-order valence-corrected chi connectivity index (χ2v) is 9.73. The summed E-state index contributed by atoms with van der Waals surface area (Å²) >= 11 is 0. The first kappa shape index (κ1) is 22.0. The largest absolute Gasteiger partial charge is 0.328 e. The van der Waals surface area contributed by atoms with Gasteiger partial charge in [0.25, 0.3) is 0 Å². The Morgan fingerprint density at radius 1 is 1.13 bits per heavy atom. The number of rotatable bonds is 7. The molecule has 0 spiro atoms. The maximum Gasteiger partial charge on any atom is 0.242 e. The van der Waals surface area contributed by atoms with E-state index in [1.54, 1.807) is 18.2 Å². The topological polar surface area (TPSA) is 84.3 Å². The van der Waals surface area contributed by atoms with Crippen LogP contribution < -0.4 is 5.32 Å². The highest BCUT2D eigenvalue weighted by atomic mass is 32.2. The molecule has 0 bridgehead atoms. The molecule has 7 nitrogen and oxygen atoms in total. The van der Waals surface area contributed by atoms with Crippen molar-refractivity contribution in [3.8, 4) is 0 Å². The molecule has 3 aromatic rings. The van der Waals surface area contributed by atoms with Gasteiger partial charge in [-0.15, -0.1) is 0 Å². The van der Waals surface area contributed by atoms with Gasteiger partial charge < -0.3 is 9.88 Å². The van der Waals surface area contributed by atoms with Gasteiger partial charge in [0, 0.05) is 39.2 Å². The molecule has 0 saturated heterocycles. The number of anilines is 1. The third-order valence-corrected chi connectivity index (χ3v) is 6.94. The van der Waals surface area contributed by atoms with E-state index < -0.39 is 10.0 Å². The molecule has 0 unspecified atom stereocenters. The minimum Gasteiger partial charge on any atom is -0.328 e. The summed E-state index contributed by atoms with van der Waals surface area (Å²) in [4.78, 5) is 17.3. The SMILES string of the molecule is CCn1c(CCC(=O)Nc2ccc(C)cc2C)nc2cc(S(=O)(=O)N(C)C)ccc21. The Balaban J connectivity index is 1.81. The van der Waals surface area contributed by atoms with E-state index in [1.165, 1.54) is 18.4 Å². The van der Waals surface area contributed by atoms with Gasteiger partial charge in [-0.1, -0.05) is 17.7 Å². The number of hydrogen-bond acceptors (Lipinski definition) is 4. The van der Waals surface area contributed by atoms with Crippen LogP contribution in [0.3, 0.4) is 0 Å². The second-order valence-electron chi connectivity index (χ2n) is 7.58. The lowest BCUT2D eigenvalue weighted by atomic mass is 10.1. The molecular formula is C22H28N4O3S. The van der Waals surface area contributed by atoms with E-state index in [2.05, 4.69) is 10.3 Å². The lowest BCUT2D eigenvalue weighted by Crippen LogP contribution is -2.22. The summed E-state index contributed by atoms with van der Waals surface area (Å²) in [6, 6.07) is 10.9. The lowest BCUT2D eigenvalue weighted by molar-refractivity contribution is -0.116. The first-order valence-electron chi connectivity index (χ1n) is 9.92. The summed E-state index contributed by atoms with van der Waals surface area (Å²) in [7, 11) is -0.518. The van der Waals surface area contributed by atoms with Gasteiger partial charge in [0.15, 0.2) is 0 Å². The molecule has 1 heterocycles. The van der Waals surface area contributed by atoms with Crippen LogP contribution >= 0.6 is 0 Å². The van der Waals surface area contributed by atoms with Crippen LogP contribution in [0.25, 0.3) is 11.0 Å². The molecule has 1 aromatic heterocycles. The van der Waals surface area contributed by atoms with Crippen molar-refractivity contribution in [1.82, 2.24) is 13.9 Å². The van der Waals surface area contributed by atoms with E-state index in [0.29, 0.717) is 24.9 Å². The molecular weight excluding hydrogens is 400 g/mol. The monoisotopic (exact) mass is 428 g/mol. The number of nitrogens with one attached hydrogen (secondary N) is 1. The molecule has 0 aliphatic heterocycles. The molecule has 0 aliphatic rings. The Morgan fingerprint density at radius 3 is 2.50 bits per heavy atom. The number of aromatic nitrogens is 2. The molecule has 30 heavy (non-hydrogen) atoms. The van der Waals surface area contributed by atoms with Crippen LogP contribution in [-0.4, -0.2) is 42.3 Å². The molecule has 2 aromatic carbocycles. The van der Waals surface area contributed by atoms with Gasteiger partial charge in [-0.3, -0.25) is 4.79 Å². The quantitative estimate of drug-likeness (QED) is 0.624. The Morgan fingerprint density at radius 2 is 1.87 bits per heavy atom. The molecule has 3 rings (SSSR count). The molecule has 1 amide bonds. The molecule has 0 atom stereocenters. The number of fused-ring (bicyclic) bond motifs is 1. The Hall–Kier alpha value is -2.71. The van der Waals surface area contributed by atoms with Crippen molar-refractivity contribution in [2.75, 3.05) is 19.4 Å². The summed E-state index contributed by atoms with van der Waals surface area (Å²) in [5, 5.41) is 2.96. The van der Waals surface area contributed by atoms with Gasteiger partial charge in [0.1, 0.15) is 5.82 Å². The molecule has 0 aliphatic carbocycles. The van der Waals surface area contributed by atoms with Gasteiger partial charge >= 0.3 is 0 Å². The van der Waals surface area contributed by atoms with E-state index in [1.807, 2.05) is 43.5 Å². The van der Waals surface area contributed by atoms with E-state index in [9.17, 15) is 13.2 Å². The average Bonchev–Trinajstić information content (AvgIpc) is 3.05. The van der Waals surface area contributed by atoms with Gasteiger partial charge in [0.05, 0.1) is 15.9 Å². The number of aryl methyl sites for hydroxylation is 4. The number of carbonyl (C=O) groups excluding carboxylic acids is 1. The molecule has 8 heteroatoms. The average molecular weight is 429 g/mol. The van der Waals surface area contributed by atoms with Crippen LogP contribution in [0.15, 0.2) is 41.3 Å². The maximum absolute atomic E-state index is 12.5. The van der Waals surface area contributed by atoms with E-state index in [0.717, 1.165) is 28.2 Å². The van der Waals surface area contributed by atoms with Crippen molar-refractivity contribution in [3.05, 3.63) is 53.3 Å². The zero-order chi connectivity index (χ0) is 22.1.